The van der Waals surface area contributed by atoms with Crippen LogP contribution in [0.3, 0.4) is 0 Å². The number of hydrogen-bond acceptors (Lipinski definition) is 3. The van der Waals surface area contributed by atoms with Gasteiger partial charge in [-0.25, -0.2) is 0 Å². The van der Waals surface area contributed by atoms with Gasteiger partial charge in [-0.05, 0) is 18.1 Å². The Morgan fingerprint density at radius 1 is 1.31 bits per heavy atom. The molecule has 0 spiro atoms. The van der Waals surface area contributed by atoms with E-state index >= 15 is 0 Å². The summed E-state index contributed by atoms with van der Waals surface area (Å²) in [5, 5.41) is 2.89. The maximum atomic E-state index is 11.0. The highest BCUT2D eigenvalue weighted by molar-refractivity contribution is 7.81. The second-order valence-corrected chi connectivity index (χ2v) is 4.77. The third-order valence-corrected chi connectivity index (χ3v) is 2.65. The molecule has 0 fully saturated rings. The molecule has 0 saturated heterocycles. The lowest BCUT2D eigenvalue weighted by Gasteiger charge is -2.09. The Hall–Kier alpha value is 0.170. The van der Waals surface area contributed by atoms with Crippen molar-refractivity contribution in [3.8, 4) is 0 Å². The molecule has 1 amide bonds. The minimum Gasteiger partial charge on any atom is -0.358 e. The summed E-state index contributed by atoms with van der Waals surface area (Å²) < 4.78 is 0. The normalized spacial score (nSPS) is 15.1. The molecule has 0 aromatic rings. The zero-order valence-electron chi connectivity index (χ0n) is 8.29. The molecule has 0 aromatic carbocycles. The van der Waals surface area contributed by atoms with Gasteiger partial charge in [0.25, 0.3) is 0 Å². The molecule has 0 saturated carbocycles. The van der Waals surface area contributed by atoms with Crippen LogP contribution >= 0.6 is 25.3 Å². The molecule has 0 aliphatic heterocycles. The van der Waals surface area contributed by atoms with Crippen molar-refractivity contribution in [3.63, 3.8) is 0 Å². The number of carbonyl (C=O) groups excluding carboxylic acids is 1. The molecule has 2 nitrogen and oxygen atoms in total. The van der Waals surface area contributed by atoms with Crippen molar-refractivity contribution in [2.75, 3.05) is 7.05 Å². The molecule has 2 atom stereocenters. The van der Waals surface area contributed by atoms with Crippen molar-refractivity contribution < 1.29 is 4.79 Å². The van der Waals surface area contributed by atoms with Gasteiger partial charge in [0, 0.05) is 7.05 Å². The number of unbranched alkanes of at least 4 members (excludes halogenated alkanes) is 1. The SMILES string of the molecule is CNC(=O)C(S)CCCCC(C)S. The lowest BCUT2D eigenvalue weighted by Crippen LogP contribution is -2.27. The van der Waals surface area contributed by atoms with E-state index in [4.69, 9.17) is 0 Å². The number of nitrogens with one attached hydrogen (secondary N) is 1. The Labute approximate surface area is 91.7 Å². The van der Waals surface area contributed by atoms with Gasteiger partial charge in [0.1, 0.15) is 0 Å². The van der Waals surface area contributed by atoms with Gasteiger partial charge in [-0.2, -0.15) is 25.3 Å². The molecule has 0 aliphatic rings. The first-order valence-corrected chi connectivity index (χ1v) is 5.69. The van der Waals surface area contributed by atoms with Gasteiger partial charge in [0.15, 0.2) is 0 Å². The second kappa shape index (κ2) is 7.56. The minimum atomic E-state index is -0.153. The van der Waals surface area contributed by atoms with Gasteiger partial charge < -0.3 is 5.32 Å². The zero-order valence-corrected chi connectivity index (χ0v) is 10.1. The van der Waals surface area contributed by atoms with Gasteiger partial charge in [-0.1, -0.05) is 19.8 Å². The van der Waals surface area contributed by atoms with Crippen LogP contribution in [0.25, 0.3) is 0 Å². The summed E-state index contributed by atoms with van der Waals surface area (Å²) in [5.74, 6) is 0.0160. The molecule has 0 aliphatic carbocycles. The highest BCUT2D eigenvalue weighted by Crippen LogP contribution is 2.11. The molecule has 0 heterocycles. The fourth-order valence-corrected chi connectivity index (χ4v) is 1.57. The van der Waals surface area contributed by atoms with Crippen LogP contribution < -0.4 is 5.32 Å². The van der Waals surface area contributed by atoms with Crippen molar-refractivity contribution in [1.82, 2.24) is 5.32 Å². The Balaban J connectivity index is 3.37. The maximum Gasteiger partial charge on any atom is 0.232 e. The van der Waals surface area contributed by atoms with Gasteiger partial charge >= 0.3 is 0 Å². The quantitative estimate of drug-likeness (QED) is 0.464. The van der Waals surface area contributed by atoms with Gasteiger partial charge in [-0.3, -0.25) is 4.79 Å². The van der Waals surface area contributed by atoms with E-state index in [1.807, 2.05) is 0 Å². The first-order chi connectivity index (χ1) is 6.07. The first-order valence-electron chi connectivity index (χ1n) is 4.65. The van der Waals surface area contributed by atoms with E-state index in [1.54, 1.807) is 7.05 Å². The molecule has 2 unspecified atom stereocenters. The summed E-state index contributed by atoms with van der Waals surface area (Å²) in [7, 11) is 1.64. The van der Waals surface area contributed by atoms with Crippen LogP contribution in [0.1, 0.15) is 32.6 Å². The third-order valence-electron chi connectivity index (χ3n) is 1.90. The molecule has 0 bridgehead atoms. The van der Waals surface area contributed by atoms with Crippen LogP contribution in [0.5, 0.6) is 0 Å². The molecule has 13 heavy (non-hydrogen) atoms. The highest BCUT2D eigenvalue weighted by Gasteiger charge is 2.10. The van der Waals surface area contributed by atoms with Gasteiger partial charge in [0.05, 0.1) is 5.25 Å². The Bertz CT molecular complexity index is 151. The summed E-state index contributed by atoms with van der Waals surface area (Å²) in [6, 6.07) is 0. The summed E-state index contributed by atoms with van der Waals surface area (Å²) in [6.07, 6.45) is 4.13. The van der Waals surface area contributed by atoms with Crippen molar-refractivity contribution >= 4 is 31.2 Å². The molecule has 4 heteroatoms. The van der Waals surface area contributed by atoms with E-state index in [9.17, 15) is 4.79 Å². The van der Waals surface area contributed by atoms with Crippen LogP contribution in [-0.4, -0.2) is 23.5 Å². The molecular weight excluding hydrogens is 202 g/mol. The monoisotopic (exact) mass is 221 g/mol. The average molecular weight is 221 g/mol. The van der Waals surface area contributed by atoms with Gasteiger partial charge in [0.2, 0.25) is 5.91 Å². The molecule has 0 rings (SSSR count). The van der Waals surface area contributed by atoms with Crippen LogP contribution in [0.2, 0.25) is 0 Å². The summed E-state index contributed by atoms with van der Waals surface area (Å²) >= 11 is 8.48. The Morgan fingerprint density at radius 3 is 2.31 bits per heavy atom. The largest absolute Gasteiger partial charge is 0.358 e. The standard InChI is InChI=1S/C9H19NOS2/c1-7(12)5-3-4-6-8(13)9(11)10-2/h7-8,12-13H,3-6H2,1-2H3,(H,10,11). The van der Waals surface area contributed by atoms with E-state index in [-0.39, 0.29) is 11.2 Å². The molecular formula is C9H19NOS2. The topological polar surface area (TPSA) is 29.1 Å². The Kier molecular flexibility index (Phi) is 7.66. The van der Waals surface area contributed by atoms with E-state index in [0.717, 1.165) is 25.7 Å². The zero-order chi connectivity index (χ0) is 10.3. The third kappa shape index (κ3) is 7.26. The molecule has 1 N–H and O–H groups in total. The summed E-state index contributed by atoms with van der Waals surface area (Å²) in [5.41, 5.74) is 0. The average Bonchev–Trinajstić information content (AvgIpc) is 2.10. The van der Waals surface area contributed by atoms with Crippen LogP contribution in [0.4, 0.5) is 0 Å². The summed E-state index contributed by atoms with van der Waals surface area (Å²) in [4.78, 5) is 11.0. The highest BCUT2D eigenvalue weighted by atomic mass is 32.1. The van der Waals surface area contributed by atoms with Crippen molar-refractivity contribution in [3.05, 3.63) is 0 Å². The van der Waals surface area contributed by atoms with Crippen LogP contribution in [0.15, 0.2) is 0 Å². The number of hydrogen-bond donors (Lipinski definition) is 3. The molecule has 0 radical (unpaired) electrons. The lowest BCUT2D eigenvalue weighted by molar-refractivity contribution is -0.120. The fourth-order valence-electron chi connectivity index (χ4n) is 1.08. The van der Waals surface area contributed by atoms with Crippen LogP contribution in [-0.2, 0) is 4.79 Å². The fraction of sp³-hybridized carbons (Fsp3) is 0.889. The van der Waals surface area contributed by atoms with E-state index in [2.05, 4.69) is 37.5 Å². The van der Waals surface area contributed by atoms with E-state index < -0.39 is 0 Å². The maximum absolute atomic E-state index is 11.0. The smallest absolute Gasteiger partial charge is 0.232 e. The van der Waals surface area contributed by atoms with Crippen molar-refractivity contribution in [2.24, 2.45) is 0 Å². The van der Waals surface area contributed by atoms with Gasteiger partial charge in [-0.15, -0.1) is 0 Å². The van der Waals surface area contributed by atoms with Crippen LogP contribution in [0, 0.1) is 0 Å². The van der Waals surface area contributed by atoms with Crippen molar-refractivity contribution in [1.29, 1.82) is 0 Å². The predicted molar refractivity (Wildman–Crippen MR) is 63.8 cm³/mol. The lowest BCUT2D eigenvalue weighted by atomic mass is 10.1. The molecule has 0 aromatic heterocycles. The number of amides is 1. The molecule has 78 valence electrons. The summed E-state index contributed by atoms with van der Waals surface area (Å²) in [6.45, 7) is 2.08. The second-order valence-electron chi connectivity index (χ2n) is 3.26. The van der Waals surface area contributed by atoms with E-state index in [0.29, 0.717) is 5.25 Å². The Morgan fingerprint density at radius 2 is 1.85 bits per heavy atom. The number of thiol groups is 2. The predicted octanol–water partition coefficient (Wildman–Crippen LogP) is 1.91. The van der Waals surface area contributed by atoms with E-state index in [1.165, 1.54) is 0 Å². The number of carbonyl (C=O) groups is 1. The minimum absolute atomic E-state index is 0.0160. The number of rotatable bonds is 6. The van der Waals surface area contributed by atoms with Crippen molar-refractivity contribution in [2.45, 2.75) is 43.1 Å². The first kappa shape index (κ1) is 13.2.